The number of carbonyl (C=O) groups excluding carboxylic acids is 1. The first kappa shape index (κ1) is 9.92. The summed E-state index contributed by atoms with van der Waals surface area (Å²) in [4.78, 5) is 10.6. The van der Waals surface area contributed by atoms with Crippen LogP contribution in [0.5, 0.6) is 0 Å². The Labute approximate surface area is 77.5 Å². The Morgan fingerprint density at radius 3 is 3.00 bits per heavy atom. The summed E-state index contributed by atoms with van der Waals surface area (Å²) in [6.07, 6.45) is 3.57. The van der Waals surface area contributed by atoms with Crippen LogP contribution in [0.15, 0.2) is 6.20 Å². The zero-order valence-electron chi connectivity index (χ0n) is 7.99. The third kappa shape index (κ3) is 2.39. The molecule has 4 heteroatoms. The lowest BCUT2D eigenvalue weighted by molar-refractivity contribution is 0.111. The lowest BCUT2D eigenvalue weighted by atomic mass is 10.3. The Morgan fingerprint density at radius 1 is 1.69 bits per heavy atom. The van der Waals surface area contributed by atoms with Crippen LogP contribution >= 0.6 is 0 Å². The number of aromatic nitrogens is 2. The molecule has 0 saturated heterocycles. The van der Waals surface area contributed by atoms with Gasteiger partial charge in [-0.05, 0) is 6.42 Å². The van der Waals surface area contributed by atoms with E-state index in [-0.39, 0.29) is 0 Å². The molecule has 0 bridgehead atoms. The number of nitrogens with zero attached hydrogens (tertiary/aromatic N) is 2. The molecule has 0 atom stereocenters. The predicted molar refractivity (Wildman–Crippen MR) is 48.6 cm³/mol. The highest BCUT2D eigenvalue weighted by atomic mass is 16.5. The molecule has 0 unspecified atom stereocenters. The minimum Gasteiger partial charge on any atom is -0.378 e. The van der Waals surface area contributed by atoms with Crippen molar-refractivity contribution in [1.82, 2.24) is 9.78 Å². The first-order valence-corrected chi connectivity index (χ1v) is 4.32. The highest BCUT2D eigenvalue weighted by Crippen LogP contribution is 2.05. The molecule has 0 aromatic carbocycles. The summed E-state index contributed by atoms with van der Waals surface area (Å²) in [5, 5.41) is 4.22. The maximum atomic E-state index is 10.6. The fourth-order valence-corrected chi connectivity index (χ4v) is 1.17. The highest BCUT2D eigenvalue weighted by Gasteiger charge is 2.06. The second-order valence-corrected chi connectivity index (χ2v) is 2.85. The molecular formula is C9H14N2O2. The van der Waals surface area contributed by atoms with Crippen molar-refractivity contribution in [2.45, 2.75) is 26.5 Å². The summed E-state index contributed by atoms with van der Waals surface area (Å²) in [5.41, 5.74) is 1.33. The van der Waals surface area contributed by atoms with Crippen LogP contribution in [-0.4, -0.2) is 23.2 Å². The molecule has 0 aliphatic carbocycles. The van der Waals surface area contributed by atoms with Gasteiger partial charge in [0.15, 0.2) is 6.29 Å². The molecule has 0 aliphatic heterocycles. The van der Waals surface area contributed by atoms with Gasteiger partial charge < -0.3 is 4.74 Å². The zero-order valence-corrected chi connectivity index (χ0v) is 7.99. The van der Waals surface area contributed by atoms with E-state index >= 15 is 0 Å². The highest BCUT2D eigenvalue weighted by molar-refractivity contribution is 5.75. The van der Waals surface area contributed by atoms with Gasteiger partial charge >= 0.3 is 0 Å². The number of hydrogen-bond donors (Lipinski definition) is 0. The van der Waals surface area contributed by atoms with E-state index in [1.165, 1.54) is 0 Å². The van der Waals surface area contributed by atoms with Gasteiger partial charge in [0.2, 0.25) is 0 Å². The van der Waals surface area contributed by atoms with Crippen LogP contribution in [0.25, 0.3) is 0 Å². The van der Waals surface area contributed by atoms with Gasteiger partial charge in [0, 0.05) is 19.9 Å². The molecule has 1 aromatic rings. The summed E-state index contributed by atoms with van der Waals surface area (Å²) in [6.45, 7) is 3.30. The van der Waals surface area contributed by atoms with Gasteiger partial charge in [-0.25, -0.2) is 0 Å². The average Bonchev–Trinajstić information content (AvgIpc) is 2.49. The third-order valence-electron chi connectivity index (χ3n) is 1.73. The molecule has 0 N–H and O–H groups in total. The van der Waals surface area contributed by atoms with Crippen LogP contribution in [0, 0.1) is 0 Å². The average molecular weight is 182 g/mol. The Morgan fingerprint density at radius 2 is 2.46 bits per heavy atom. The van der Waals surface area contributed by atoms with Gasteiger partial charge in [0.1, 0.15) is 0 Å². The van der Waals surface area contributed by atoms with E-state index in [4.69, 9.17) is 4.74 Å². The number of carbonyl (C=O) groups is 1. The molecular weight excluding hydrogens is 168 g/mol. The number of aryl methyl sites for hydroxylation is 1. The predicted octanol–water partition coefficient (Wildman–Crippen LogP) is 1.25. The summed E-state index contributed by atoms with van der Waals surface area (Å²) in [5.74, 6) is 0. The molecule has 0 saturated carbocycles. The Bertz CT molecular complexity index is 281. The van der Waals surface area contributed by atoms with Crippen LogP contribution in [0.3, 0.4) is 0 Å². The van der Waals surface area contributed by atoms with Crippen LogP contribution in [0.2, 0.25) is 0 Å². The van der Waals surface area contributed by atoms with Gasteiger partial charge in [-0.1, -0.05) is 6.92 Å². The van der Waals surface area contributed by atoms with E-state index in [9.17, 15) is 4.79 Å². The second-order valence-electron chi connectivity index (χ2n) is 2.85. The molecule has 0 fully saturated rings. The molecule has 1 heterocycles. The van der Waals surface area contributed by atoms with Gasteiger partial charge in [-0.2, -0.15) is 5.10 Å². The van der Waals surface area contributed by atoms with Crippen molar-refractivity contribution in [3.8, 4) is 0 Å². The van der Waals surface area contributed by atoms with Crippen molar-refractivity contribution >= 4 is 6.29 Å². The van der Waals surface area contributed by atoms with Crippen LogP contribution < -0.4 is 0 Å². The minimum absolute atomic E-state index is 0.394. The van der Waals surface area contributed by atoms with Gasteiger partial charge in [-0.3, -0.25) is 9.48 Å². The topological polar surface area (TPSA) is 44.1 Å². The lowest BCUT2D eigenvalue weighted by Gasteiger charge is -1.95. The van der Waals surface area contributed by atoms with Crippen LogP contribution in [0.1, 0.15) is 29.4 Å². The fourth-order valence-electron chi connectivity index (χ4n) is 1.17. The first-order valence-electron chi connectivity index (χ1n) is 4.32. The molecule has 13 heavy (non-hydrogen) atoms. The SMILES string of the molecule is CCCn1cc(C=O)c(COC)n1. The van der Waals surface area contributed by atoms with E-state index in [0.717, 1.165) is 19.3 Å². The van der Waals surface area contributed by atoms with Crippen LogP contribution in [0.4, 0.5) is 0 Å². The molecule has 0 radical (unpaired) electrons. The number of ether oxygens (including phenoxy) is 1. The second kappa shape index (κ2) is 4.77. The smallest absolute Gasteiger partial charge is 0.153 e. The van der Waals surface area contributed by atoms with E-state index in [0.29, 0.717) is 17.9 Å². The molecule has 0 amide bonds. The monoisotopic (exact) mass is 182 g/mol. The fraction of sp³-hybridized carbons (Fsp3) is 0.556. The maximum Gasteiger partial charge on any atom is 0.153 e. The molecule has 0 aliphatic rings. The van der Waals surface area contributed by atoms with Crippen molar-refractivity contribution in [1.29, 1.82) is 0 Å². The third-order valence-corrected chi connectivity index (χ3v) is 1.73. The Kier molecular flexibility index (Phi) is 3.64. The number of aldehydes is 1. The summed E-state index contributed by atoms with van der Waals surface area (Å²) in [6, 6.07) is 0. The van der Waals surface area contributed by atoms with E-state index in [1.54, 1.807) is 18.0 Å². The summed E-state index contributed by atoms with van der Waals surface area (Å²) < 4.78 is 6.70. The molecule has 72 valence electrons. The Balaban J connectivity index is 2.83. The Hall–Kier alpha value is -1.16. The maximum absolute atomic E-state index is 10.6. The molecule has 1 rings (SSSR count). The van der Waals surface area contributed by atoms with Gasteiger partial charge in [-0.15, -0.1) is 0 Å². The van der Waals surface area contributed by atoms with Gasteiger partial charge in [0.25, 0.3) is 0 Å². The number of rotatable bonds is 5. The van der Waals surface area contributed by atoms with Crippen molar-refractivity contribution in [2.24, 2.45) is 0 Å². The quantitative estimate of drug-likeness (QED) is 0.644. The lowest BCUT2D eigenvalue weighted by Crippen LogP contribution is -1.98. The minimum atomic E-state index is 0.394. The first-order chi connectivity index (χ1) is 6.31. The molecule has 0 spiro atoms. The van der Waals surface area contributed by atoms with Crippen molar-refractivity contribution in [3.63, 3.8) is 0 Å². The molecule has 1 aromatic heterocycles. The van der Waals surface area contributed by atoms with Crippen LogP contribution in [-0.2, 0) is 17.9 Å². The standard InChI is InChI=1S/C9H14N2O2/c1-3-4-11-5-8(6-12)9(10-11)7-13-2/h5-6H,3-4,7H2,1-2H3. The van der Waals surface area contributed by atoms with Crippen molar-refractivity contribution < 1.29 is 9.53 Å². The summed E-state index contributed by atoms with van der Waals surface area (Å²) in [7, 11) is 1.59. The van der Waals surface area contributed by atoms with E-state index in [1.807, 2.05) is 0 Å². The van der Waals surface area contributed by atoms with Crippen molar-refractivity contribution in [2.75, 3.05) is 7.11 Å². The van der Waals surface area contributed by atoms with Crippen molar-refractivity contribution in [3.05, 3.63) is 17.5 Å². The normalized spacial score (nSPS) is 10.3. The zero-order chi connectivity index (χ0) is 9.68. The molecule has 4 nitrogen and oxygen atoms in total. The van der Waals surface area contributed by atoms with Gasteiger partial charge in [0.05, 0.1) is 17.9 Å². The summed E-state index contributed by atoms with van der Waals surface area (Å²) >= 11 is 0. The number of hydrogen-bond acceptors (Lipinski definition) is 3. The largest absolute Gasteiger partial charge is 0.378 e. The van der Waals surface area contributed by atoms with E-state index < -0.39 is 0 Å². The number of methoxy groups -OCH3 is 1. The van der Waals surface area contributed by atoms with E-state index in [2.05, 4.69) is 12.0 Å².